The van der Waals surface area contributed by atoms with Gasteiger partial charge in [-0.15, -0.1) is 0 Å². The first kappa shape index (κ1) is 9.85. The van der Waals surface area contributed by atoms with Crippen molar-refractivity contribution in [3.63, 3.8) is 0 Å². The molecule has 84 valence electrons. The zero-order valence-corrected chi connectivity index (χ0v) is 9.13. The van der Waals surface area contributed by atoms with Crippen LogP contribution in [0, 0.1) is 11.8 Å². The van der Waals surface area contributed by atoms with E-state index in [1.54, 1.807) is 0 Å². The molecule has 16 heavy (non-hydrogen) atoms. The summed E-state index contributed by atoms with van der Waals surface area (Å²) in [5.41, 5.74) is 2.25. The fourth-order valence-corrected chi connectivity index (χ4v) is 2.66. The van der Waals surface area contributed by atoms with Crippen LogP contribution in [0.15, 0.2) is 35.5 Å². The molecule has 1 aromatic carbocycles. The van der Waals surface area contributed by atoms with Gasteiger partial charge in [-0.3, -0.25) is 0 Å². The molecule has 1 aliphatic heterocycles. The van der Waals surface area contributed by atoms with Gasteiger partial charge in [0.05, 0.1) is 11.8 Å². The second kappa shape index (κ2) is 3.91. The Morgan fingerprint density at radius 2 is 2.12 bits per heavy atom. The van der Waals surface area contributed by atoms with Gasteiger partial charge in [-0.2, -0.15) is 0 Å². The molecule has 3 heteroatoms. The van der Waals surface area contributed by atoms with E-state index >= 15 is 0 Å². The van der Waals surface area contributed by atoms with Crippen LogP contribution in [0.1, 0.15) is 12.0 Å². The van der Waals surface area contributed by atoms with E-state index in [2.05, 4.69) is 22.6 Å². The lowest BCUT2D eigenvalue weighted by Gasteiger charge is -2.24. The summed E-state index contributed by atoms with van der Waals surface area (Å²) in [6.45, 7) is 1.07. The zero-order valence-electron chi connectivity index (χ0n) is 9.13. The molecule has 2 fully saturated rings. The highest BCUT2D eigenvalue weighted by Crippen LogP contribution is 2.42. The number of nitrogens with one attached hydrogen (secondary N) is 1. The Hall–Kier alpha value is -1.35. The molecule has 0 bridgehead atoms. The van der Waals surface area contributed by atoms with Gasteiger partial charge in [0.2, 0.25) is 0 Å². The van der Waals surface area contributed by atoms with Crippen LogP contribution >= 0.6 is 0 Å². The van der Waals surface area contributed by atoms with E-state index in [9.17, 15) is 0 Å². The van der Waals surface area contributed by atoms with Crippen LogP contribution in [0.3, 0.4) is 0 Å². The van der Waals surface area contributed by atoms with Crippen molar-refractivity contribution in [3.8, 4) is 0 Å². The van der Waals surface area contributed by atoms with E-state index in [4.69, 9.17) is 5.21 Å². The van der Waals surface area contributed by atoms with Gasteiger partial charge in [-0.05, 0) is 30.9 Å². The van der Waals surface area contributed by atoms with Gasteiger partial charge in [-0.25, -0.2) is 0 Å². The molecule has 1 saturated carbocycles. The summed E-state index contributed by atoms with van der Waals surface area (Å²) in [6.07, 6.45) is 2.11. The Balaban J connectivity index is 1.74. The smallest absolute Gasteiger partial charge is 0.0777 e. The third-order valence-electron chi connectivity index (χ3n) is 3.68. The quantitative estimate of drug-likeness (QED) is 0.583. The van der Waals surface area contributed by atoms with Crippen molar-refractivity contribution < 1.29 is 5.21 Å². The molecule has 0 amide bonds. The van der Waals surface area contributed by atoms with Gasteiger partial charge < -0.3 is 10.5 Å². The normalized spacial score (nSPS) is 34.8. The minimum absolute atomic E-state index is 0.219. The molecule has 1 aromatic rings. The van der Waals surface area contributed by atoms with Crippen LogP contribution < -0.4 is 5.32 Å². The van der Waals surface area contributed by atoms with Crippen LogP contribution in [-0.4, -0.2) is 23.5 Å². The molecular formula is C13H16N2O. The molecule has 1 heterocycles. The van der Waals surface area contributed by atoms with E-state index in [0.29, 0.717) is 5.92 Å². The average molecular weight is 216 g/mol. The lowest BCUT2D eigenvalue weighted by Crippen LogP contribution is -2.44. The maximum atomic E-state index is 9.08. The molecule has 0 spiro atoms. The number of fused-ring (bicyclic) bond motifs is 1. The molecule has 3 rings (SSSR count). The van der Waals surface area contributed by atoms with Crippen LogP contribution in [0.2, 0.25) is 0 Å². The first-order chi connectivity index (χ1) is 7.88. The zero-order chi connectivity index (χ0) is 11.0. The second-order valence-corrected chi connectivity index (χ2v) is 4.78. The Morgan fingerprint density at radius 3 is 2.88 bits per heavy atom. The average Bonchev–Trinajstić information content (AvgIpc) is 3.09. The summed E-state index contributed by atoms with van der Waals surface area (Å²) >= 11 is 0. The van der Waals surface area contributed by atoms with Crippen molar-refractivity contribution in [2.45, 2.75) is 18.9 Å². The molecule has 1 saturated heterocycles. The monoisotopic (exact) mass is 216 g/mol. The Bertz CT molecular complexity index is 402. The second-order valence-electron chi connectivity index (χ2n) is 4.78. The fourth-order valence-electron chi connectivity index (χ4n) is 2.66. The third kappa shape index (κ3) is 1.71. The van der Waals surface area contributed by atoms with Gasteiger partial charge in [-0.1, -0.05) is 35.5 Å². The van der Waals surface area contributed by atoms with Gasteiger partial charge in [0.1, 0.15) is 0 Å². The number of hydrogen-bond acceptors (Lipinski definition) is 3. The topological polar surface area (TPSA) is 44.6 Å². The number of piperidine rings is 1. The van der Waals surface area contributed by atoms with E-state index in [1.165, 1.54) is 12.0 Å². The third-order valence-corrected chi connectivity index (χ3v) is 3.68. The fraction of sp³-hybridized carbons (Fsp3) is 0.462. The first-order valence-electron chi connectivity index (χ1n) is 5.87. The first-order valence-corrected chi connectivity index (χ1v) is 5.87. The summed E-state index contributed by atoms with van der Waals surface area (Å²) in [5.74, 6) is 1.26. The Kier molecular flexibility index (Phi) is 2.40. The van der Waals surface area contributed by atoms with Gasteiger partial charge in [0.25, 0.3) is 0 Å². The van der Waals surface area contributed by atoms with Crippen molar-refractivity contribution >= 4 is 5.71 Å². The lowest BCUT2D eigenvalue weighted by atomic mass is 9.95. The molecule has 3 unspecified atom stereocenters. The number of rotatable bonds is 2. The highest BCUT2D eigenvalue weighted by atomic mass is 16.4. The van der Waals surface area contributed by atoms with Crippen molar-refractivity contribution in [1.82, 2.24) is 5.32 Å². The summed E-state index contributed by atoms with van der Waals surface area (Å²) in [7, 11) is 0. The molecule has 2 N–H and O–H groups in total. The van der Waals surface area contributed by atoms with Crippen molar-refractivity contribution in [1.29, 1.82) is 0 Å². The SMILES string of the molecule is O/N=C1/C(Cc2ccccc2)NCC2CC12. The minimum Gasteiger partial charge on any atom is -0.411 e. The molecule has 3 atom stereocenters. The molecule has 3 nitrogen and oxygen atoms in total. The van der Waals surface area contributed by atoms with Crippen molar-refractivity contribution in [2.24, 2.45) is 17.0 Å². The van der Waals surface area contributed by atoms with Crippen LogP contribution in [0.4, 0.5) is 0 Å². The predicted octanol–water partition coefficient (Wildman–Crippen LogP) is 1.67. The molecule has 2 aliphatic rings. The van der Waals surface area contributed by atoms with Gasteiger partial charge in [0, 0.05) is 5.92 Å². The molecule has 1 aliphatic carbocycles. The predicted molar refractivity (Wildman–Crippen MR) is 62.8 cm³/mol. The van der Waals surface area contributed by atoms with Crippen molar-refractivity contribution in [3.05, 3.63) is 35.9 Å². The van der Waals surface area contributed by atoms with E-state index in [-0.39, 0.29) is 6.04 Å². The standard InChI is InChI=1S/C13H16N2O/c16-15-13-11-7-10(11)8-14-12(13)6-9-4-2-1-3-5-9/h1-5,10-12,14,16H,6-8H2/b15-13+. The van der Waals surface area contributed by atoms with Gasteiger partial charge >= 0.3 is 0 Å². The number of hydrogen-bond donors (Lipinski definition) is 2. The maximum absolute atomic E-state index is 9.08. The van der Waals surface area contributed by atoms with Crippen LogP contribution in [0.25, 0.3) is 0 Å². The van der Waals surface area contributed by atoms with Crippen LogP contribution in [0.5, 0.6) is 0 Å². The van der Waals surface area contributed by atoms with Crippen LogP contribution in [-0.2, 0) is 6.42 Å². The molecule has 0 aromatic heterocycles. The van der Waals surface area contributed by atoms with Gasteiger partial charge in [0.15, 0.2) is 0 Å². The largest absolute Gasteiger partial charge is 0.411 e. The van der Waals surface area contributed by atoms with Crippen molar-refractivity contribution in [2.75, 3.05) is 6.54 Å². The summed E-state index contributed by atoms with van der Waals surface area (Å²) in [6, 6.07) is 10.6. The number of benzene rings is 1. The lowest BCUT2D eigenvalue weighted by molar-refractivity contribution is 0.310. The number of nitrogens with zero attached hydrogens (tertiary/aromatic N) is 1. The van der Waals surface area contributed by atoms with E-state index in [0.717, 1.165) is 24.6 Å². The number of oxime groups is 1. The minimum atomic E-state index is 0.219. The highest BCUT2D eigenvalue weighted by Gasteiger charge is 2.47. The maximum Gasteiger partial charge on any atom is 0.0777 e. The Labute approximate surface area is 95.2 Å². The summed E-state index contributed by atoms with van der Waals surface area (Å²) in [5, 5.41) is 16.1. The molecule has 0 radical (unpaired) electrons. The Morgan fingerprint density at radius 1 is 1.31 bits per heavy atom. The summed E-state index contributed by atoms with van der Waals surface area (Å²) < 4.78 is 0. The van der Waals surface area contributed by atoms with E-state index in [1.807, 2.05) is 18.2 Å². The highest BCUT2D eigenvalue weighted by molar-refractivity contribution is 5.94. The summed E-state index contributed by atoms with van der Waals surface area (Å²) in [4.78, 5) is 0. The molecular weight excluding hydrogens is 200 g/mol. The van der Waals surface area contributed by atoms with E-state index < -0.39 is 0 Å².